The highest BCUT2D eigenvalue weighted by atomic mass is 16.2. The van der Waals surface area contributed by atoms with Crippen molar-refractivity contribution in [2.75, 3.05) is 38.1 Å². The molecule has 0 spiro atoms. The van der Waals surface area contributed by atoms with Crippen molar-refractivity contribution in [1.29, 1.82) is 0 Å². The van der Waals surface area contributed by atoms with Crippen LogP contribution < -0.4 is 21.7 Å². The van der Waals surface area contributed by atoms with Gasteiger partial charge in [0.05, 0.1) is 11.7 Å². The Morgan fingerprint density at radius 3 is 2.12 bits per heavy atom. The molecule has 1 aliphatic heterocycles. The molecular weight excluding hydrogens is 404 g/mol. The number of allylic oxidation sites excluding steroid dienone is 1. The van der Waals surface area contributed by atoms with Crippen molar-refractivity contribution in [2.45, 2.75) is 45.6 Å². The highest BCUT2D eigenvalue weighted by Gasteiger charge is 2.24. The lowest BCUT2D eigenvalue weighted by Crippen LogP contribution is -2.44. The number of nitrogens with two attached hydrogens (primary N) is 2. The fraction of sp³-hybridized carbons (Fsp3) is 0.542. The van der Waals surface area contributed by atoms with Crippen LogP contribution in [0.1, 0.15) is 49.9 Å². The van der Waals surface area contributed by atoms with Gasteiger partial charge in [-0.25, -0.2) is 0 Å². The maximum atomic E-state index is 12.9. The molecule has 0 atom stereocenters. The summed E-state index contributed by atoms with van der Waals surface area (Å²) in [5, 5.41) is 2.78. The molecular formula is C24H36N6O2. The number of rotatable bonds is 6. The number of hydrogen-bond donors (Lipinski definition) is 3. The van der Waals surface area contributed by atoms with Gasteiger partial charge < -0.3 is 26.6 Å². The lowest BCUT2D eigenvalue weighted by molar-refractivity contribution is -0.112. The Morgan fingerprint density at radius 2 is 1.59 bits per heavy atom. The van der Waals surface area contributed by atoms with Crippen LogP contribution in [-0.2, 0) is 4.79 Å². The fourth-order valence-electron chi connectivity index (χ4n) is 4.22. The van der Waals surface area contributed by atoms with Gasteiger partial charge in [-0.2, -0.15) is 0 Å². The first-order valence-corrected chi connectivity index (χ1v) is 11.4. The monoisotopic (exact) mass is 440 g/mol. The van der Waals surface area contributed by atoms with Crippen LogP contribution in [0, 0.1) is 5.92 Å². The van der Waals surface area contributed by atoms with Crippen LogP contribution in [0.2, 0.25) is 0 Å². The van der Waals surface area contributed by atoms with Gasteiger partial charge in [0.1, 0.15) is 5.71 Å². The zero-order valence-electron chi connectivity index (χ0n) is 19.4. The van der Waals surface area contributed by atoms with E-state index in [4.69, 9.17) is 11.5 Å². The molecule has 0 radical (unpaired) electrons. The number of piperazine rings is 1. The maximum Gasteiger partial charge on any atom is 0.269 e. The summed E-state index contributed by atoms with van der Waals surface area (Å²) in [6.45, 7) is 7.80. The molecule has 1 saturated heterocycles. The van der Waals surface area contributed by atoms with E-state index in [2.05, 4.69) is 34.1 Å². The molecule has 2 amide bonds. The van der Waals surface area contributed by atoms with E-state index in [9.17, 15) is 9.59 Å². The van der Waals surface area contributed by atoms with E-state index in [1.807, 2.05) is 12.1 Å². The molecule has 1 aromatic rings. The van der Waals surface area contributed by atoms with E-state index in [-0.39, 0.29) is 23.4 Å². The van der Waals surface area contributed by atoms with Crippen molar-refractivity contribution in [3.63, 3.8) is 0 Å². The molecule has 1 aromatic carbocycles. The molecule has 2 aliphatic rings. The zero-order chi connectivity index (χ0) is 23.3. The van der Waals surface area contributed by atoms with Crippen LogP contribution in [0.15, 0.2) is 40.7 Å². The number of nitrogens with zero attached hydrogens (tertiary/aromatic N) is 3. The second-order valence-corrected chi connectivity index (χ2v) is 9.10. The van der Waals surface area contributed by atoms with Gasteiger partial charge in [0.2, 0.25) is 0 Å². The third-order valence-electron chi connectivity index (χ3n) is 6.40. The Labute approximate surface area is 190 Å². The molecule has 174 valence electrons. The molecule has 5 N–H and O–H groups in total. The van der Waals surface area contributed by atoms with Crippen LogP contribution in [0.4, 0.5) is 5.69 Å². The van der Waals surface area contributed by atoms with Crippen molar-refractivity contribution in [3.05, 3.63) is 41.2 Å². The summed E-state index contributed by atoms with van der Waals surface area (Å²) in [6.07, 6.45) is 3.92. The first-order chi connectivity index (χ1) is 15.2. The number of likely N-dealkylation sites (N-methyl/N-ethyl adjacent to an activating group) is 1. The summed E-state index contributed by atoms with van der Waals surface area (Å²) in [4.78, 5) is 34.3. The molecule has 0 aromatic heterocycles. The molecule has 32 heavy (non-hydrogen) atoms. The van der Waals surface area contributed by atoms with E-state index in [0.29, 0.717) is 17.2 Å². The number of hydrogen-bond acceptors (Lipinski definition) is 6. The van der Waals surface area contributed by atoms with Crippen molar-refractivity contribution in [1.82, 2.24) is 10.2 Å². The van der Waals surface area contributed by atoms with Crippen LogP contribution in [0.3, 0.4) is 0 Å². The average molecular weight is 441 g/mol. The lowest BCUT2D eigenvalue weighted by atomic mass is 9.87. The number of amides is 2. The summed E-state index contributed by atoms with van der Waals surface area (Å²) in [5.41, 5.74) is 13.8. The first kappa shape index (κ1) is 23.8. The van der Waals surface area contributed by atoms with Crippen LogP contribution >= 0.6 is 0 Å². The molecule has 1 saturated carbocycles. The van der Waals surface area contributed by atoms with E-state index < -0.39 is 5.91 Å². The predicted octanol–water partition coefficient (Wildman–Crippen LogP) is 1.86. The average Bonchev–Trinajstić information content (AvgIpc) is 2.77. The highest BCUT2D eigenvalue weighted by molar-refractivity contribution is 6.45. The molecule has 1 heterocycles. The van der Waals surface area contributed by atoms with Crippen molar-refractivity contribution in [2.24, 2.45) is 22.4 Å². The highest BCUT2D eigenvalue weighted by Crippen LogP contribution is 2.26. The van der Waals surface area contributed by atoms with E-state index in [1.165, 1.54) is 0 Å². The number of aliphatic imine (C=N–C) groups is 1. The largest absolute Gasteiger partial charge is 0.401 e. The topological polar surface area (TPSA) is 117 Å². The minimum Gasteiger partial charge on any atom is -0.401 e. The van der Waals surface area contributed by atoms with Gasteiger partial charge >= 0.3 is 0 Å². The predicted molar refractivity (Wildman–Crippen MR) is 129 cm³/mol. The molecule has 8 heteroatoms. The van der Waals surface area contributed by atoms with Crippen LogP contribution in [-0.4, -0.2) is 61.7 Å². The second-order valence-electron chi connectivity index (χ2n) is 9.10. The first-order valence-electron chi connectivity index (χ1n) is 11.4. The summed E-state index contributed by atoms with van der Waals surface area (Å²) in [7, 11) is 2.12. The van der Waals surface area contributed by atoms with E-state index >= 15 is 0 Å². The number of primary amides is 1. The Bertz CT molecular complexity index is 872. The normalized spacial score (nSPS) is 23.5. The summed E-state index contributed by atoms with van der Waals surface area (Å²) >= 11 is 0. The van der Waals surface area contributed by atoms with Crippen molar-refractivity contribution >= 4 is 23.2 Å². The van der Waals surface area contributed by atoms with E-state index in [1.54, 1.807) is 19.1 Å². The molecule has 1 aliphatic carbocycles. The Kier molecular flexibility index (Phi) is 7.90. The lowest BCUT2D eigenvalue weighted by Gasteiger charge is -2.34. The Hall–Kier alpha value is -2.87. The molecule has 8 nitrogen and oxygen atoms in total. The summed E-state index contributed by atoms with van der Waals surface area (Å²) in [6, 6.07) is 7.49. The Morgan fingerprint density at radius 1 is 1.00 bits per heavy atom. The van der Waals surface area contributed by atoms with E-state index in [0.717, 1.165) is 57.5 Å². The molecule has 2 fully saturated rings. The minimum atomic E-state index is -0.686. The third-order valence-corrected chi connectivity index (χ3v) is 6.40. The molecule has 0 unspecified atom stereocenters. The van der Waals surface area contributed by atoms with Gasteiger partial charge in [0.15, 0.2) is 0 Å². The summed E-state index contributed by atoms with van der Waals surface area (Å²) < 4.78 is 0. The number of anilines is 1. The van der Waals surface area contributed by atoms with Crippen molar-refractivity contribution in [3.8, 4) is 0 Å². The number of benzene rings is 1. The van der Waals surface area contributed by atoms with Gasteiger partial charge in [-0.3, -0.25) is 14.6 Å². The van der Waals surface area contributed by atoms with Gasteiger partial charge in [-0.1, -0.05) is 6.92 Å². The fourth-order valence-corrected chi connectivity index (χ4v) is 4.22. The smallest absolute Gasteiger partial charge is 0.269 e. The number of carbonyl (C=O) groups is 2. The van der Waals surface area contributed by atoms with Gasteiger partial charge in [-0.15, -0.1) is 0 Å². The zero-order valence-corrected chi connectivity index (χ0v) is 19.4. The van der Waals surface area contributed by atoms with Gasteiger partial charge in [0.25, 0.3) is 11.8 Å². The quantitative estimate of drug-likeness (QED) is 0.584. The van der Waals surface area contributed by atoms with Crippen molar-refractivity contribution < 1.29 is 9.59 Å². The molecule has 3 rings (SSSR count). The standard InChI is InChI=1S/C24H36N6O2/c1-16-4-8-19(9-5-16)27-22(23(26)31)21(17(2)25)28-24(32)18-6-10-20(11-7-18)30-14-12-29(3)13-15-30/h6-7,10-11,16,19H,4-5,8-9,12-15,25H2,1-3H3,(H2,26,31)(H,28,32). The van der Waals surface area contributed by atoms with Crippen LogP contribution in [0.5, 0.6) is 0 Å². The Balaban J connectivity index is 1.73. The minimum absolute atomic E-state index is 0.0165. The third kappa shape index (κ3) is 6.09. The number of carbonyl (C=O) groups excluding carboxylic acids is 2. The van der Waals surface area contributed by atoms with Crippen LogP contribution in [0.25, 0.3) is 0 Å². The SMILES string of the molecule is CC(N)=C(NC(=O)c1ccc(N2CCN(C)CC2)cc1)C(=NC1CCC(C)CC1)C(N)=O. The maximum absolute atomic E-state index is 12.9. The van der Waals surface area contributed by atoms with Gasteiger partial charge in [-0.05, 0) is 69.8 Å². The van der Waals surface area contributed by atoms with Gasteiger partial charge in [0, 0.05) is 43.1 Å². The molecule has 0 bridgehead atoms. The number of nitrogens with one attached hydrogen (secondary N) is 1. The summed E-state index contributed by atoms with van der Waals surface area (Å²) in [5.74, 6) is -0.367. The second kappa shape index (κ2) is 10.6.